The Kier molecular flexibility index (Phi) is 7.72. The second-order valence-corrected chi connectivity index (χ2v) is 6.28. The molecule has 1 aromatic heterocycles. The van der Waals surface area contributed by atoms with Gasteiger partial charge in [0.15, 0.2) is 16.7 Å². The van der Waals surface area contributed by atoms with Crippen molar-refractivity contribution < 1.29 is 14.3 Å². The van der Waals surface area contributed by atoms with Gasteiger partial charge in [-0.2, -0.15) is 0 Å². The van der Waals surface area contributed by atoms with Crippen LogP contribution in [-0.4, -0.2) is 41.9 Å². The number of ether oxygens (including phenoxy) is 2. The van der Waals surface area contributed by atoms with Crippen molar-refractivity contribution >= 4 is 17.7 Å². The molecule has 1 aromatic carbocycles. The van der Waals surface area contributed by atoms with Gasteiger partial charge in [-0.05, 0) is 51.1 Å². The summed E-state index contributed by atoms with van der Waals surface area (Å²) in [5.74, 6) is 1.31. The lowest BCUT2D eigenvalue weighted by molar-refractivity contribution is 0.0952. The Labute approximate surface area is 158 Å². The zero-order valence-corrected chi connectivity index (χ0v) is 16.5. The van der Waals surface area contributed by atoms with Crippen molar-refractivity contribution in [3.8, 4) is 11.5 Å². The van der Waals surface area contributed by atoms with Crippen molar-refractivity contribution in [2.24, 2.45) is 0 Å². The predicted molar refractivity (Wildman–Crippen MR) is 103 cm³/mol. The molecule has 0 saturated carbocycles. The van der Waals surface area contributed by atoms with Crippen molar-refractivity contribution in [3.05, 3.63) is 41.2 Å². The SMILES string of the molecule is CCOc1ccc(CCNC(=O)c2cnc(SC)nc2C)cc1OCC. The maximum atomic E-state index is 12.3. The van der Waals surface area contributed by atoms with Gasteiger partial charge in [-0.25, -0.2) is 9.97 Å². The number of carbonyl (C=O) groups is 1. The molecule has 0 saturated heterocycles. The molecule has 6 nitrogen and oxygen atoms in total. The van der Waals surface area contributed by atoms with Gasteiger partial charge < -0.3 is 14.8 Å². The molecule has 0 bridgehead atoms. The molecule has 0 atom stereocenters. The molecule has 26 heavy (non-hydrogen) atoms. The molecule has 0 fully saturated rings. The maximum absolute atomic E-state index is 12.3. The second kappa shape index (κ2) is 10.0. The van der Waals surface area contributed by atoms with E-state index < -0.39 is 0 Å². The summed E-state index contributed by atoms with van der Waals surface area (Å²) in [7, 11) is 0. The topological polar surface area (TPSA) is 73.3 Å². The number of nitrogens with zero attached hydrogens (tertiary/aromatic N) is 2. The molecule has 1 heterocycles. The minimum Gasteiger partial charge on any atom is -0.490 e. The first-order chi connectivity index (χ1) is 12.6. The van der Waals surface area contributed by atoms with E-state index in [1.54, 1.807) is 6.20 Å². The van der Waals surface area contributed by atoms with Gasteiger partial charge in [-0.1, -0.05) is 17.8 Å². The van der Waals surface area contributed by atoms with Gasteiger partial charge in [0, 0.05) is 12.7 Å². The summed E-state index contributed by atoms with van der Waals surface area (Å²) in [6.45, 7) is 7.38. The number of amides is 1. The Morgan fingerprint density at radius 1 is 1.19 bits per heavy atom. The number of benzene rings is 1. The van der Waals surface area contributed by atoms with Crippen LogP contribution in [0.1, 0.15) is 35.5 Å². The minimum atomic E-state index is -0.161. The molecule has 2 aromatic rings. The second-order valence-electron chi connectivity index (χ2n) is 5.51. The third-order valence-electron chi connectivity index (χ3n) is 3.69. The van der Waals surface area contributed by atoms with Crippen LogP contribution in [0.3, 0.4) is 0 Å². The van der Waals surface area contributed by atoms with Crippen molar-refractivity contribution in [2.45, 2.75) is 32.3 Å². The minimum absolute atomic E-state index is 0.161. The fraction of sp³-hybridized carbons (Fsp3) is 0.421. The van der Waals surface area contributed by atoms with Gasteiger partial charge in [-0.3, -0.25) is 4.79 Å². The van der Waals surface area contributed by atoms with Crippen LogP contribution >= 0.6 is 11.8 Å². The maximum Gasteiger partial charge on any atom is 0.254 e. The van der Waals surface area contributed by atoms with Gasteiger partial charge in [-0.15, -0.1) is 0 Å². The quantitative estimate of drug-likeness (QED) is 0.536. The van der Waals surface area contributed by atoms with E-state index in [-0.39, 0.29) is 5.91 Å². The molecule has 0 aliphatic heterocycles. The molecular weight excluding hydrogens is 350 g/mol. The first kappa shape index (κ1) is 20.0. The van der Waals surface area contributed by atoms with Gasteiger partial charge in [0.2, 0.25) is 0 Å². The van der Waals surface area contributed by atoms with Crippen LogP contribution in [0.5, 0.6) is 11.5 Å². The van der Waals surface area contributed by atoms with Gasteiger partial charge in [0.25, 0.3) is 5.91 Å². The van der Waals surface area contributed by atoms with E-state index in [1.165, 1.54) is 11.8 Å². The van der Waals surface area contributed by atoms with Crippen molar-refractivity contribution in [1.29, 1.82) is 0 Å². The Morgan fingerprint density at radius 3 is 2.58 bits per heavy atom. The first-order valence-electron chi connectivity index (χ1n) is 8.63. The van der Waals surface area contributed by atoms with E-state index in [2.05, 4.69) is 15.3 Å². The van der Waals surface area contributed by atoms with Crippen LogP contribution in [0, 0.1) is 6.92 Å². The van der Waals surface area contributed by atoms with Crippen LogP contribution in [-0.2, 0) is 6.42 Å². The normalized spacial score (nSPS) is 10.5. The van der Waals surface area contributed by atoms with Gasteiger partial charge >= 0.3 is 0 Å². The number of hydrogen-bond acceptors (Lipinski definition) is 6. The largest absolute Gasteiger partial charge is 0.490 e. The summed E-state index contributed by atoms with van der Waals surface area (Å²) in [5.41, 5.74) is 2.26. The molecule has 1 amide bonds. The highest BCUT2D eigenvalue weighted by Gasteiger charge is 2.12. The number of carbonyl (C=O) groups excluding carboxylic acids is 1. The Balaban J connectivity index is 1.96. The van der Waals surface area contributed by atoms with E-state index in [9.17, 15) is 4.79 Å². The summed E-state index contributed by atoms with van der Waals surface area (Å²) < 4.78 is 11.2. The lowest BCUT2D eigenvalue weighted by Gasteiger charge is -2.13. The van der Waals surface area contributed by atoms with Crippen molar-refractivity contribution in [3.63, 3.8) is 0 Å². The zero-order valence-electron chi connectivity index (χ0n) is 15.7. The van der Waals surface area contributed by atoms with E-state index >= 15 is 0 Å². The number of hydrogen-bond donors (Lipinski definition) is 1. The molecule has 140 valence electrons. The van der Waals surface area contributed by atoms with Crippen molar-refractivity contribution in [2.75, 3.05) is 26.0 Å². The number of rotatable bonds is 9. The third-order valence-corrected chi connectivity index (χ3v) is 4.25. The van der Waals surface area contributed by atoms with E-state index in [0.29, 0.717) is 42.6 Å². The molecular formula is C19H25N3O3S. The summed E-state index contributed by atoms with van der Waals surface area (Å²) in [5, 5.41) is 3.58. The van der Waals surface area contributed by atoms with Crippen LogP contribution in [0.4, 0.5) is 0 Å². The summed E-state index contributed by atoms with van der Waals surface area (Å²) in [6.07, 6.45) is 4.18. The monoisotopic (exact) mass is 375 g/mol. The standard InChI is InChI=1S/C19H25N3O3S/c1-5-24-16-8-7-14(11-17(16)25-6-2)9-10-20-18(23)15-12-21-19(26-4)22-13(15)3/h7-8,11-12H,5-6,9-10H2,1-4H3,(H,20,23). The predicted octanol–water partition coefficient (Wildman–Crippen LogP) is 3.28. The lowest BCUT2D eigenvalue weighted by atomic mass is 10.1. The lowest BCUT2D eigenvalue weighted by Crippen LogP contribution is -2.27. The summed E-state index contributed by atoms with van der Waals surface area (Å²) >= 11 is 1.45. The molecule has 0 radical (unpaired) electrons. The van der Waals surface area contributed by atoms with Crippen LogP contribution in [0.25, 0.3) is 0 Å². The number of thioether (sulfide) groups is 1. The molecule has 0 spiro atoms. The van der Waals surface area contributed by atoms with Gasteiger partial charge in [0.05, 0.1) is 24.5 Å². The Hall–Kier alpha value is -2.28. The highest BCUT2D eigenvalue weighted by Crippen LogP contribution is 2.28. The highest BCUT2D eigenvalue weighted by molar-refractivity contribution is 7.98. The number of aryl methyl sites for hydroxylation is 1. The third kappa shape index (κ3) is 5.36. The molecule has 0 unspecified atom stereocenters. The van der Waals surface area contributed by atoms with Crippen LogP contribution in [0.2, 0.25) is 0 Å². The molecule has 0 aliphatic carbocycles. The fourth-order valence-electron chi connectivity index (χ4n) is 2.43. The van der Waals surface area contributed by atoms with Crippen LogP contribution in [0.15, 0.2) is 29.6 Å². The van der Waals surface area contributed by atoms with Crippen molar-refractivity contribution in [1.82, 2.24) is 15.3 Å². The van der Waals surface area contributed by atoms with Gasteiger partial charge in [0.1, 0.15) is 0 Å². The van der Waals surface area contributed by atoms with E-state index in [0.717, 1.165) is 17.1 Å². The highest BCUT2D eigenvalue weighted by atomic mass is 32.2. The average Bonchev–Trinajstić information content (AvgIpc) is 2.63. The van der Waals surface area contributed by atoms with E-state index in [1.807, 2.05) is 45.2 Å². The molecule has 2 rings (SSSR count). The molecule has 0 aliphatic rings. The fourth-order valence-corrected chi connectivity index (χ4v) is 2.82. The van der Waals surface area contributed by atoms with E-state index in [4.69, 9.17) is 9.47 Å². The van der Waals surface area contributed by atoms with Crippen LogP contribution < -0.4 is 14.8 Å². The summed E-state index contributed by atoms with van der Waals surface area (Å²) in [6, 6.07) is 5.86. The summed E-state index contributed by atoms with van der Waals surface area (Å²) in [4.78, 5) is 20.8. The molecule has 7 heteroatoms. The smallest absolute Gasteiger partial charge is 0.254 e. The number of nitrogens with one attached hydrogen (secondary N) is 1. The average molecular weight is 375 g/mol. The first-order valence-corrected chi connectivity index (χ1v) is 9.85. The Morgan fingerprint density at radius 2 is 1.92 bits per heavy atom. The number of aromatic nitrogens is 2. The molecule has 1 N–H and O–H groups in total. The zero-order chi connectivity index (χ0) is 18.9. The Bertz CT molecular complexity index is 753.